The third-order valence-electron chi connectivity index (χ3n) is 4.67. The van der Waals surface area contributed by atoms with Crippen molar-refractivity contribution in [2.75, 3.05) is 11.1 Å². The van der Waals surface area contributed by atoms with Gasteiger partial charge in [-0.1, -0.05) is 37.7 Å². The summed E-state index contributed by atoms with van der Waals surface area (Å²) in [7, 11) is 0. The molecule has 6 nitrogen and oxygen atoms in total. The number of carbonyl (C=O) groups excluding carboxylic acids is 2. The number of benzene rings is 2. The van der Waals surface area contributed by atoms with E-state index in [2.05, 4.69) is 15.3 Å². The Hall–Kier alpha value is -3.07. The monoisotopic (exact) mass is 428 g/mol. The maximum atomic E-state index is 13.8. The fraction of sp³-hybridized carbons (Fsp3) is 0.238. The van der Waals surface area contributed by atoms with Crippen LogP contribution in [-0.2, 0) is 9.59 Å². The van der Waals surface area contributed by atoms with Gasteiger partial charge in [-0.15, -0.1) is 0 Å². The van der Waals surface area contributed by atoms with Gasteiger partial charge in [-0.3, -0.25) is 14.6 Å². The Bertz CT molecular complexity index is 1100. The Labute approximate surface area is 176 Å². The first kappa shape index (κ1) is 20.2. The number of nitrogens with zero attached hydrogens (tertiary/aromatic N) is 3. The van der Waals surface area contributed by atoms with E-state index in [0.717, 1.165) is 29.5 Å². The van der Waals surface area contributed by atoms with E-state index in [0.29, 0.717) is 22.8 Å². The van der Waals surface area contributed by atoms with Gasteiger partial charge in [-0.25, -0.2) is 18.7 Å². The summed E-state index contributed by atoms with van der Waals surface area (Å²) < 4.78 is 26.8. The number of hydrogen-bond acceptors (Lipinski definition) is 5. The normalized spacial score (nSPS) is 17.4. The molecular weight excluding hydrogens is 410 g/mol. The molecule has 30 heavy (non-hydrogen) atoms. The number of nitrogens with one attached hydrogen (secondary N) is 1. The molecule has 1 N–H and O–H groups in total. The van der Waals surface area contributed by atoms with Gasteiger partial charge in [-0.05, 0) is 30.2 Å². The second-order valence-corrected chi connectivity index (χ2v) is 8.13. The second-order valence-electron chi connectivity index (χ2n) is 7.19. The van der Waals surface area contributed by atoms with Gasteiger partial charge in [0.1, 0.15) is 23.5 Å². The number of para-hydroxylation sites is 1. The van der Waals surface area contributed by atoms with Gasteiger partial charge in [0.25, 0.3) is 5.91 Å². The molecule has 0 aromatic heterocycles. The Kier molecular flexibility index (Phi) is 5.38. The van der Waals surface area contributed by atoms with Crippen LogP contribution < -0.4 is 5.32 Å². The fourth-order valence-corrected chi connectivity index (χ4v) is 4.01. The van der Waals surface area contributed by atoms with Crippen molar-refractivity contribution in [2.24, 2.45) is 15.9 Å². The van der Waals surface area contributed by atoms with Crippen LogP contribution in [0, 0.1) is 17.6 Å². The summed E-state index contributed by atoms with van der Waals surface area (Å²) in [5, 5.41) is 2.75. The number of aliphatic imine (C=N–C) groups is 2. The summed E-state index contributed by atoms with van der Waals surface area (Å²) in [6.07, 6.45) is 0. The minimum Gasteiger partial charge on any atom is -0.323 e. The van der Waals surface area contributed by atoms with E-state index in [1.807, 2.05) is 38.1 Å². The zero-order valence-electron chi connectivity index (χ0n) is 16.2. The number of thioether (sulfide) groups is 1. The summed E-state index contributed by atoms with van der Waals surface area (Å²) in [4.78, 5) is 35.8. The highest BCUT2D eigenvalue weighted by molar-refractivity contribution is 8.14. The van der Waals surface area contributed by atoms with Crippen molar-refractivity contribution in [1.29, 1.82) is 0 Å². The molecule has 0 aliphatic carbocycles. The lowest BCUT2D eigenvalue weighted by atomic mass is 10.1. The Balaban J connectivity index is 1.55. The van der Waals surface area contributed by atoms with Crippen molar-refractivity contribution >= 4 is 46.0 Å². The van der Waals surface area contributed by atoms with Crippen LogP contribution in [0.4, 0.5) is 20.2 Å². The zero-order chi connectivity index (χ0) is 21.4. The average molecular weight is 428 g/mol. The number of fused-ring (bicyclic) bond motifs is 3. The highest BCUT2D eigenvalue weighted by atomic mass is 32.2. The molecule has 2 heterocycles. The smallest absolute Gasteiger partial charge is 0.259 e. The maximum absolute atomic E-state index is 13.8. The van der Waals surface area contributed by atoms with Crippen LogP contribution in [0.1, 0.15) is 19.4 Å². The van der Waals surface area contributed by atoms with E-state index in [4.69, 9.17) is 0 Å². The van der Waals surface area contributed by atoms with Crippen molar-refractivity contribution in [3.05, 3.63) is 59.7 Å². The van der Waals surface area contributed by atoms with Gasteiger partial charge >= 0.3 is 0 Å². The summed E-state index contributed by atoms with van der Waals surface area (Å²) in [5.74, 6) is -1.85. The molecule has 2 amide bonds. The lowest BCUT2D eigenvalue weighted by Crippen LogP contribution is -2.42. The molecule has 154 valence electrons. The third kappa shape index (κ3) is 3.72. The zero-order valence-corrected chi connectivity index (χ0v) is 17.0. The van der Waals surface area contributed by atoms with Gasteiger partial charge in [-0.2, -0.15) is 0 Å². The standard InChI is InChI=1S/C21H18F2N4O2S/c1-11(2)18-20(29)27-19(26-18)13-5-3-4-6-15(13)25-21(27)30-10-17(28)24-16-8-7-12(22)9-14(16)23/h3-9,11,18H,10H2,1-2H3,(H,24,28). The Morgan fingerprint density at radius 3 is 2.73 bits per heavy atom. The van der Waals surface area contributed by atoms with Gasteiger partial charge in [0, 0.05) is 11.6 Å². The average Bonchev–Trinajstić information content (AvgIpc) is 3.06. The molecule has 0 saturated heterocycles. The highest BCUT2D eigenvalue weighted by Gasteiger charge is 2.42. The van der Waals surface area contributed by atoms with E-state index >= 15 is 0 Å². The molecule has 0 spiro atoms. The number of carbonyl (C=O) groups is 2. The first-order chi connectivity index (χ1) is 14.3. The molecule has 9 heteroatoms. The highest BCUT2D eigenvalue weighted by Crippen LogP contribution is 2.34. The summed E-state index contributed by atoms with van der Waals surface area (Å²) >= 11 is 1.06. The first-order valence-corrected chi connectivity index (χ1v) is 10.3. The van der Waals surface area contributed by atoms with E-state index in [-0.39, 0.29) is 23.3 Å². The molecule has 2 aliphatic rings. The third-order valence-corrected chi connectivity index (χ3v) is 5.61. The van der Waals surface area contributed by atoms with Crippen molar-refractivity contribution in [2.45, 2.75) is 19.9 Å². The van der Waals surface area contributed by atoms with E-state index < -0.39 is 23.6 Å². The van der Waals surface area contributed by atoms with E-state index in [1.165, 1.54) is 4.90 Å². The Morgan fingerprint density at radius 2 is 2.00 bits per heavy atom. The Morgan fingerprint density at radius 1 is 1.23 bits per heavy atom. The van der Waals surface area contributed by atoms with Crippen LogP contribution in [0.15, 0.2) is 52.4 Å². The van der Waals surface area contributed by atoms with Gasteiger partial charge in [0.2, 0.25) is 5.91 Å². The molecule has 2 aromatic rings. The molecule has 0 bridgehead atoms. The number of amidine groups is 2. The lowest BCUT2D eigenvalue weighted by molar-refractivity contribution is -0.125. The molecule has 1 atom stereocenters. The topological polar surface area (TPSA) is 74.1 Å². The fourth-order valence-electron chi connectivity index (χ4n) is 3.21. The second kappa shape index (κ2) is 7.98. The molecule has 0 fully saturated rings. The number of hydrogen-bond donors (Lipinski definition) is 1. The number of amides is 2. The lowest BCUT2D eigenvalue weighted by Gasteiger charge is -2.25. The predicted octanol–water partition coefficient (Wildman–Crippen LogP) is 3.95. The van der Waals surface area contributed by atoms with Crippen molar-refractivity contribution in [3.63, 3.8) is 0 Å². The summed E-state index contributed by atoms with van der Waals surface area (Å²) in [6.45, 7) is 3.84. The SMILES string of the molecule is CC(C)C1N=C2c3ccccc3N=C(SCC(=O)Nc3ccc(F)cc3F)N2C1=O. The first-order valence-electron chi connectivity index (χ1n) is 9.32. The molecule has 1 unspecified atom stereocenters. The summed E-state index contributed by atoms with van der Waals surface area (Å²) in [5.41, 5.74) is 1.31. The molecular formula is C21H18F2N4O2S. The van der Waals surface area contributed by atoms with E-state index in [1.54, 1.807) is 0 Å². The molecule has 0 saturated carbocycles. The van der Waals surface area contributed by atoms with Crippen LogP contribution in [0.3, 0.4) is 0 Å². The van der Waals surface area contributed by atoms with E-state index in [9.17, 15) is 18.4 Å². The number of rotatable bonds is 4. The van der Waals surface area contributed by atoms with Gasteiger partial charge < -0.3 is 5.32 Å². The maximum Gasteiger partial charge on any atom is 0.259 e. The molecule has 2 aliphatic heterocycles. The number of anilines is 1. The minimum atomic E-state index is -0.860. The predicted molar refractivity (Wildman–Crippen MR) is 113 cm³/mol. The van der Waals surface area contributed by atoms with Crippen LogP contribution in [0.2, 0.25) is 0 Å². The van der Waals surface area contributed by atoms with Crippen LogP contribution >= 0.6 is 11.8 Å². The van der Waals surface area contributed by atoms with Crippen LogP contribution in [0.25, 0.3) is 0 Å². The largest absolute Gasteiger partial charge is 0.323 e. The quantitative estimate of drug-likeness (QED) is 0.801. The number of halogens is 2. The van der Waals surface area contributed by atoms with Crippen molar-refractivity contribution < 1.29 is 18.4 Å². The molecule has 2 aromatic carbocycles. The summed E-state index contributed by atoms with van der Waals surface area (Å²) in [6, 6.07) is 9.76. The van der Waals surface area contributed by atoms with Crippen molar-refractivity contribution in [1.82, 2.24) is 4.90 Å². The van der Waals surface area contributed by atoms with Gasteiger partial charge in [0.15, 0.2) is 5.17 Å². The van der Waals surface area contributed by atoms with Crippen LogP contribution in [-0.4, -0.2) is 39.5 Å². The minimum absolute atomic E-state index is 0.0127. The van der Waals surface area contributed by atoms with Crippen molar-refractivity contribution in [3.8, 4) is 0 Å². The van der Waals surface area contributed by atoms with Crippen LogP contribution in [0.5, 0.6) is 0 Å². The molecule has 4 rings (SSSR count). The van der Waals surface area contributed by atoms with Gasteiger partial charge in [0.05, 0.1) is 17.1 Å². The molecule has 0 radical (unpaired) electrons.